The Kier molecular flexibility index (Phi) is 7.12. The van der Waals surface area contributed by atoms with E-state index < -0.39 is 6.10 Å². The van der Waals surface area contributed by atoms with Crippen molar-refractivity contribution in [2.24, 2.45) is 5.92 Å². The number of nitrogens with one attached hydrogen (secondary N) is 1. The molecule has 2 aromatic rings. The number of aliphatic hydroxyl groups is 1. The Morgan fingerprint density at radius 1 is 1.32 bits per heavy atom. The number of aliphatic hydroxyl groups excluding tert-OH is 1. The van der Waals surface area contributed by atoms with Gasteiger partial charge in [-0.3, -0.25) is 0 Å². The van der Waals surface area contributed by atoms with Crippen molar-refractivity contribution in [3.8, 4) is 17.7 Å². The zero-order valence-electron chi connectivity index (χ0n) is 14.8. The average Bonchev–Trinajstić information content (AvgIpc) is 3.01. The Hall–Kier alpha value is -2.71. The topological polar surface area (TPSA) is 67.5 Å². The Bertz CT molecular complexity index is 754. The highest BCUT2D eigenvalue weighted by molar-refractivity contribution is 5.70. The summed E-state index contributed by atoms with van der Waals surface area (Å²) < 4.78 is 10.9. The monoisotopic (exact) mass is 340 g/mol. The molecule has 0 spiro atoms. The molecule has 1 aromatic heterocycles. The summed E-state index contributed by atoms with van der Waals surface area (Å²) in [5.41, 5.74) is 1.73. The van der Waals surface area contributed by atoms with Crippen molar-refractivity contribution < 1.29 is 14.4 Å². The highest BCUT2D eigenvalue weighted by Gasteiger charge is 2.06. The van der Waals surface area contributed by atoms with E-state index in [4.69, 9.17) is 9.26 Å². The Morgan fingerprint density at radius 3 is 2.84 bits per heavy atom. The lowest BCUT2D eigenvalue weighted by atomic mass is 10.2. The van der Waals surface area contributed by atoms with Gasteiger partial charge in [0.2, 0.25) is 0 Å². The Labute approximate surface area is 148 Å². The maximum atomic E-state index is 9.98. The van der Waals surface area contributed by atoms with Gasteiger partial charge < -0.3 is 19.7 Å². The smallest absolute Gasteiger partial charge is 0.159 e. The van der Waals surface area contributed by atoms with Crippen molar-refractivity contribution in [2.45, 2.75) is 26.9 Å². The standard InChI is InChI=1S/C20H24N2O3/c1-15(2)10-11-21-13-18(23)14-24-20-7-5-4-6-17(20)8-9-19-12-16(3)22-25-19/h4-9,12,15,18,21,23H,13-14H2,1-3H3. The molecule has 25 heavy (non-hydrogen) atoms. The zero-order valence-corrected chi connectivity index (χ0v) is 14.8. The van der Waals surface area contributed by atoms with E-state index in [1.165, 1.54) is 0 Å². The lowest BCUT2D eigenvalue weighted by Crippen LogP contribution is -2.29. The van der Waals surface area contributed by atoms with Gasteiger partial charge >= 0.3 is 0 Å². The summed E-state index contributed by atoms with van der Waals surface area (Å²) in [6, 6.07) is 12.3. The fourth-order valence-corrected chi connectivity index (χ4v) is 1.99. The number of hydrogen-bond acceptors (Lipinski definition) is 5. The quantitative estimate of drug-likeness (QED) is 0.599. The van der Waals surface area contributed by atoms with Crippen LogP contribution in [-0.2, 0) is 0 Å². The van der Waals surface area contributed by atoms with Crippen LogP contribution in [0, 0.1) is 24.8 Å². The molecular weight excluding hydrogens is 316 g/mol. The van der Waals surface area contributed by atoms with Gasteiger partial charge in [-0.2, -0.15) is 0 Å². The molecule has 132 valence electrons. The summed E-state index contributed by atoms with van der Waals surface area (Å²) in [5.74, 6) is 4.66. The molecule has 2 N–H and O–H groups in total. The van der Waals surface area contributed by atoms with Gasteiger partial charge in [0.15, 0.2) is 5.76 Å². The second-order valence-electron chi connectivity index (χ2n) is 6.01. The first-order chi connectivity index (χ1) is 12.0. The average molecular weight is 340 g/mol. The lowest BCUT2D eigenvalue weighted by molar-refractivity contribution is 0.110. The molecule has 1 atom stereocenters. The molecule has 5 nitrogen and oxygen atoms in total. The molecule has 1 aromatic carbocycles. The summed E-state index contributed by atoms with van der Waals surface area (Å²) in [6.07, 6.45) is 3.09. The van der Waals surface area contributed by atoms with E-state index in [1.807, 2.05) is 63.3 Å². The largest absolute Gasteiger partial charge is 0.490 e. The first-order valence-electron chi connectivity index (χ1n) is 8.29. The Morgan fingerprint density at radius 2 is 2.12 bits per heavy atom. The second kappa shape index (κ2) is 9.55. The van der Waals surface area contributed by atoms with Crippen LogP contribution >= 0.6 is 0 Å². The first kappa shape index (κ1) is 18.6. The van der Waals surface area contributed by atoms with Crippen molar-refractivity contribution in [1.82, 2.24) is 10.5 Å². The summed E-state index contributed by atoms with van der Waals surface area (Å²) in [6.45, 7) is 6.44. The molecular formula is C20H24N2O3. The molecule has 1 unspecified atom stereocenters. The van der Waals surface area contributed by atoms with Crippen molar-refractivity contribution in [1.29, 1.82) is 0 Å². The van der Waals surface area contributed by atoms with Gasteiger partial charge in [-0.25, -0.2) is 0 Å². The number of aryl methyl sites for hydroxylation is 1. The minimum absolute atomic E-state index is 0.183. The second-order valence-corrected chi connectivity index (χ2v) is 6.01. The number of hydrogen-bond donors (Lipinski definition) is 2. The molecule has 0 bridgehead atoms. The third-order valence-corrected chi connectivity index (χ3v) is 3.21. The fraction of sp³-hybridized carbons (Fsp3) is 0.350. The third-order valence-electron chi connectivity index (χ3n) is 3.21. The number of rotatable bonds is 7. The van der Waals surface area contributed by atoms with Gasteiger partial charge in [0.05, 0.1) is 12.2 Å². The van der Waals surface area contributed by atoms with Crippen LogP contribution in [0.25, 0.3) is 12.2 Å². The van der Waals surface area contributed by atoms with Crippen LogP contribution in [0.3, 0.4) is 0 Å². The van der Waals surface area contributed by atoms with E-state index >= 15 is 0 Å². The number of benzene rings is 1. The SMILES string of the molecule is Cc1cc(C=Cc2ccccc2OCC(O)CNC#CC(C)C)on1. The maximum absolute atomic E-state index is 9.98. The van der Waals surface area contributed by atoms with E-state index in [1.54, 1.807) is 0 Å². The summed E-state index contributed by atoms with van der Waals surface area (Å²) in [5, 5.41) is 16.7. The predicted octanol–water partition coefficient (Wildman–Crippen LogP) is 3.10. The number of ether oxygens (including phenoxy) is 1. The molecule has 0 amide bonds. The van der Waals surface area contributed by atoms with E-state index in [-0.39, 0.29) is 6.61 Å². The minimum atomic E-state index is -0.643. The van der Waals surface area contributed by atoms with E-state index in [0.29, 0.717) is 24.0 Å². The van der Waals surface area contributed by atoms with Crippen LogP contribution in [0.2, 0.25) is 0 Å². The zero-order chi connectivity index (χ0) is 18.1. The van der Waals surface area contributed by atoms with Crippen LogP contribution in [-0.4, -0.2) is 29.5 Å². The molecule has 0 fully saturated rings. The first-order valence-corrected chi connectivity index (χ1v) is 8.29. The molecule has 1 heterocycles. The highest BCUT2D eigenvalue weighted by Crippen LogP contribution is 2.21. The highest BCUT2D eigenvalue weighted by atomic mass is 16.5. The van der Waals surface area contributed by atoms with Gasteiger partial charge in [-0.05, 0) is 25.1 Å². The van der Waals surface area contributed by atoms with E-state index in [0.717, 1.165) is 11.3 Å². The molecule has 2 rings (SSSR count). The van der Waals surface area contributed by atoms with Gasteiger partial charge in [0.25, 0.3) is 0 Å². The van der Waals surface area contributed by atoms with Crippen molar-refractivity contribution in [3.63, 3.8) is 0 Å². The van der Waals surface area contributed by atoms with Crippen LogP contribution < -0.4 is 10.1 Å². The molecule has 5 heteroatoms. The Balaban J connectivity index is 1.90. The summed E-state index contributed by atoms with van der Waals surface area (Å²) in [4.78, 5) is 0. The van der Waals surface area contributed by atoms with Gasteiger partial charge in [-0.15, -0.1) is 0 Å². The van der Waals surface area contributed by atoms with Crippen molar-refractivity contribution >= 4 is 12.2 Å². The number of para-hydroxylation sites is 1. The molecule has 0 radical (unpaired) electrons. The van der Waals surface area contributed by atoms with E-state index in [2.05, 4.69) is 22.4 Å². The molecule has 0 aliphatic rings. The van der Waals surface area contributed by atoms with Gasteiger partial charge in [-0.1, -0.05) is 43.1 Å². The van der Waals surface area contributed by atoms with Crippen LogP contribution in [0.1, 0.15) is 30.9 Å². The van der Waals surface area contributed by atoms with Crippen LogP contribution in [0.5, 0.6) is 5.75 Å². The third kappa shape index (κ3) is 6.74. The fourth-order valence-electron chi connectivity index (χ4n) is 1.99. The summed E-state index contributed by atoms with van der Waals surface area (Å²) in [7, 11) is 0. The van der Waals surface area contributed by atoms with Crippen LogP contribution in [0.15, 0.2) is 34.9 Å². The maximum Gasteiger partial charge on any atom is 0.159 e. The molecule has 0 saturated heterocycles. The van der Waals surface area contributed by atoms with Gasteiger partial charge in [0.1, 0.15) is 18.5 Å². The number of aromatic nitrogens is 1. The molecule has 0 aliphatic carbocycles. The normalized spacial score (nSPS) is 12.0. The molecule has 0 aliphatic heterocycles. The van der Waals surface area contributed by atoms with Crippen molar-refractivity contribution in [2.75, 3.05) is 13.2 Å². The molecule has 0 saturated carbocycles. The lowest BCUT2D eigenvalue weighted by Gasteiger charge is -2.13. The van der Waals surface area contributed by atoms with E-state index in [9.17, 15) is 5.11 Å². The number of nitrogens with zero attached hydrogens (tertiary/aromatic N) is 1. The minimum Gasteiger partial charge on any atom is -0.490 e. The van der Waals surface area contributed by atoms with Crippen molar-refractivity contribution in [3.05, 3.63) is 47.3 Å². The predicted molar refractivity (Wildman–Crippen MR) is 98.7 cm³/mol. The van der Waals surface area contributed by atoms with Gasteiger partial charge in [0, 0.05) is 23.6 Å². The summed E-state index contributed by atoms with van der Waals surface area (Å²) >= 11 is 0. The van der Waals surface area contributed by atoms with Crippen LogP contribution in [0.4, 0.5) is 0 Å².